The normalized spacial score (nSPS) is 12.8. The van der Waals surface area contributed by atoms with Crippen LogP contribution in [0, 0.1) is 6.92 Å². The fourth-order valence-electron chi connectivity index (χ4n) is 2.33. The second-order valence-electron chi connectivity index (χ2n) is 5.28. The second-order valence-corrected chi connectivity index (χ2v) is 7.27. The number of anilines is 1. The molecule has 0 spiro atoms. The minimum atomic E-state index is 0.00158. The van der Waals surface area contributed by atoms with Crippen LogP contribution in [0.2, 0.25) is 0 Å². The van der Waals surface area contributed by atoms with Crippen molar-refractivity contribution in [3.8, 4) is 0 Å². The Hall–Kier alpha value is -1.21. The maximum atomic E-state index is 12.7. The third-order valence-electron chi connectivity index (χ3n) is 3.80. The number of carbonyl (C=O) groups is 1. The molecule has 0 radical (unpaired) electrons. The van der Waals surface area contributed by atoms with E-state index in [1.54, 1.807) is 21.3 Å². The molecule has 2 aromatic heterocycles. The highest BCUT2D eigenvalue weighted by Gasteiger charge is 2.25. The summed E-state index contributed by atoms with van der Waals surface area (Å²) < 4.78 is 1.79. The third kappa shape index (κ3) is 2.89. The van der Waals surface area contributed by atoms with Crippen molar-refractivity contribution in [2.75, 3.05) is 24.8 Å². The van der Waals surface area contributed by atoms with E-state index in [0.29, 0.717) is 10.6 Å². The topological polar surface area (TPSA) is 64.2 Å². The van der Waals surface area contributed by atoms with Gasteiger partial charge in [0.05, 0.1) is 16.8 Å². The van der Waals surface area contributed by atoms with Gasteiger partial charge in [0.25, 0.3) is 5.91 Å². The van der Waals surface area contributed by atoms with Gasteiger partial charge in [-0.2, -0.15) is 16.9 Å². The number of nitrogens with zero attached hydrogens (tertiary/aromatic N) is 3. The number of aromatic nitrogens is 2. The number of hydrogen-bond donors (Lipinski definition) is 1. The number of fused-ring (bicyclic) bond motifs is 1. The molecule has 5 nitrogen and oxygen atoms in total. The van der Waals surface area contributed by atoms with E-state index in [1.165, 1.54) is 11.3 Å². The summed E-state index contributed by atoms with van der Waals surface area (Å²) >= 11 is 3.22. The molecule has 0 aliphatic heterocycles. The second kappa shape index (κ2) is 6.27. The van der Waals surface area contributed by atoms with Crippen LogP contribution < -0.4 is 5.73 Å². The first kappa shape index (κ1) is 16.2. The molecule has 0 aliphatic rings. The Labute approximate surface area is 133 Å². The van der Waals surface area contributed by atoms with Gasteiger partial charge in [-0.1, -0.05) is 0 Å². The number of thiophene rings is 1. The molecule has 21 heavy (non-hydrogen) atoms. The van der Waals surface area contributed by atoms with Crippen LogP contribution >= 0.6 is 23.1 Å². The standard InChI is InChI=1S/C14H22N4OS2/c1-8(6-7-20-5)17(3)13(19)12-11(15)10-9(2)16-18(4)14(10)21-12/h8H,6-7,15H2,1-5H3. The fraction of sp³-hybridized carbons (Fsp3) is 0.571. The molecule has 116 valence electrons. The molecule has 0 bridgehead atoms. The summed E-state index contributed by atoms with van der Waals surface area (Å²) in [7, 11) is 3.73. The predicted octanol–water partition coefficient (Wildman–Crippen LogP) is 2.74. The van der Waals surface area contributed by atoms with Gasteiger partial charge >= 0.3 is 0 Å². The number of nitrogen functional groups attached to an aromatic ring is 1. The monoisotopic (exact) mass is 326 g/mol. The van der Waals surface area contributed by atoms with Crippen LogP contribution in [0.15, 0.2) is 0 Å². The van der Waals surface area contributed by atoms with Crippen LogP contribution in [0.5, 0.6) is 0 Å². The van der Waals surface area contributed by atoms with Gasteiger partial charge in [0.1, 0.15) is 9.71 Å². The maximum absolute atomic E-state index is 12.7. The zero-order chi connectivity index (χ0) is 15.7. The average molecular weight is 326 g/mol. The summed E-state index contributed by atoms with van der Waals surface area (Å²) in [4.78, 5) is 16.1. The van der Waals surface area contributed by atoms with Gasteiger partial charge in [0, 0.05) is 20.1 Å². The van der Waals surface area contributed by atoms with Crippen LogP contribution in [0.1, 0.15) is 28.7 Å². The molecule has 0 aromatic carbocycles. The summed E-state index contributed by atoms with van der Waals surface area (Å²) in [6, 6.07) is 0.203. The molecule has 2 aromatic rings. The highest BCUT2D eigenvalue weighted by Crippen LogP contribution is 2.36. The van der Waals surface area contributed by atoms with Crippen LogP contribution in [-0.4, -0.2) is 45.7 Å². The summed E-state index contributed by atoms with van der Waals surface area (Å²) in [5.74, 6) is 1.05. The van der Waals surface area contributed by atoms with E-state index in [9.17, 15) is 4.79 Å². The number of hydrogen-bond acceptors (Lipinski definition) is 5. The van der Waals surface area contributed by atoms with Crippen molar-refractivity contribution in [2.24, 2.45) is 7.05 Å². The number of nitrogens with two attached hydrogens (primary N) is 1. The fourth-order valence-corrected chi connectivity index (χ4v) is 4.08. The Bertz CT molecular complexity index is 662. The van der Waals surface area contributed by atoms with Crippen LogP contribution in [0.25, 0.3) is 10.2 Å². The highest BCUT2D eigenvalue weighted by molar-refractivity contribution is 7.98. The van der Waals surface area contributed by atoms with Crippen molar-refractivity contribution in [2.45, 2.75) is 26.3 Å². The lowest BCUT2D eigenvalue weighted by molar-refractivity contribution is 0.0747. The van der Waals surface area contributed by atoms with Gasteiger partial charge in [-0.25, -0.2) is 0 Å². The first-order chi connectivity index (χ1) is 9.88. The van der Waals surface area contributed by atoms with Crippen LogP contribution in [0.4, 0.5) is 5.69 Å². The Morgan fingerprint density at radius 3 is 2.81 bits per heavy atom. The molecular formula is C14H22N4OS2. The minimum absolute atomic E-state index is 0.00158. The predicted molar refractivity (Wildman–Crippen MR) is 92.3 cm³/mol. The zero-order valence-corrected chi connectivity index (χ0v) is 14.8. The lowest BCUT2D eigenvalue weighted by Crippen LogP contribution is -2.35. The number of thioether (sulfide) groups is 1. The summed E-state index contributed by atoms with van der Waals surface area (Å²) in [5, 5.41) is 5.26. The van der Waals surface area contributed by atoms with Gasteiger partial charge in [-0.05, 0) is 32.3 Å². The molecule has 1 unspecified atom stereocenters. The van der Waals surface area contributed by atoms with Crippen molar-refractivity contribution in [1.82, 2.24) is 14.7 Å². The Kier molecular flexibility index (Phi) is 4.83. The van der Waals surface area contributed by atoms with Crippen molar-refractivity contribution in [1.29, 1.82) is 0 Å². The van der Waals surface area contributed by atoms with E-state index < -0.39 is 0 Å². The molecule has 0 saturated carbocycles. The summed E-state index contributed by atoms with van der Waals surface area (Å²) in [6.07, 6.45) is 3.06. The first-order valence-electron chi connectivity index (χ1n) is 6.86. The molecule has 2 rings (SSSR count). The van der Waals surface area contributed by atoms with E-state index in [-0.39, 0.29) is 11.9 Å². The number of rotatable bonds is 5. The van der Waals surface area contributed by atoms with Gasteiger partial charge < -0.3 is 10.6 Å². The van der Waals surface area contributed by atoms with E-state index >= 15 is 0 Å². The molecule has 1 atom stereocenters. The molecule has 2 N–H and O–H groups in total. The Morgan fingerprint density at radius 1 is 1.57 bits per heavy atom. The third-order valence-corrected chi connectivity index (χ3v) is 5.70. The van der Waals surface area contributed by atoms with Crippen LogP contribution in [-0.2, 0) is 7.05 Å². The van der Waals surface area contributed by atoms with Gasteiger partial charge in [0.15, 0.2) is 0 Å². The molecule has 7 heteroatoms. The maximum Gasteiger partial charge on any atom is 0.266 e. The van der Waals surface area contributed by atoms with Gasteiger partial charge in [-0.3, -0.25) is 9.48 Å². The average Bonchev–Trinajstić information content (AvgIpc) is 2.93. The molecular weight excluding hydrogens is 304 g/mol. The molecule has 1 amide bonds. The Balaban J connectivity index is 2.31. The van der Waals surface area contributed by atoms with Crippen molar-refractivity contribution in [3.05, 3.63) is 10.6 Å². The SMILES string of the molecule is CSCCC(C)N(C)C(=O)c1sc2c(c(C)nn2C)c1N. The smallest absolute Gasteiger partial charge is 0.266 e. The summed E-state index contributed by atoms with van der Waals surface area (Å²) in [6.45, 7) is 3.99. The molecule has 0 fully saturated rings. The minimum Gasteiger partial charge on any atom is -0.397 e. The van der Waals surface area contributed by atoms with Crippen LogP contribution in [0.3, 0.4) is 0 Å². The lowest BCUT2D eigenvalue weighted by Gasteiger charge is -2.24. The highest BCUT2D eigenvalue weighted by atomic mass is 32.2. The summed E-state index contributed by atoms with van der Waals surface area (Å²) in [5.41, 5.74) is 7.64. The largest absolute Gasteiger partial charge is 0.397 e. The molecule has 0 saturated heterocycles. The first-order valence-corrected chi connectivity index (χ1v) is 9.07. The van der Waals surface area contributed by atoms with E-state index in [0.717, 1.165) is 28.1 Å². The van der Waals surface area contributed by atoms with Gasteiger partial charge in [0.2, 0.25) is 0 Å². The molecule has 0 aliphatic carbocycles. The Morgan fingerprint density at radius 2 is 2.24 bits per heavy atom. The van der Waals surface area contributed by atoms with E-state index in [4.69, 9.17) is 5.73 Å². The van der Waals surface area contributed by atoms with Crippen molar-refractivity contribution < 1.29 is 4.79 Å². The lowest BCUT2D eigenvalue weighted by atomic mass is 10.2. The van der Waals surface area contributed by atoms with Crippen molar-refractivity contribution in [3.63, 3.8) is 0 Å². The van der Waals surface area contributed by atoms with Crippen molar-refractivity contribution >= 4 is 44.9 Å². The van der Waals surface area contributed by atoms with E-state index in [1.807, 2.05) is 21.0 Å². The zero-order valence-electron chi connectivity index (χ0n) is 13.1. The van der Waals surface area contributed by atoms with E-state index in [2.05, 4.69) is 18.3 Å². The number of carbonyl (C=O) groups excluding carboxylic acids is 1. The quantitative estimate of drug-likeness (QED) is 0.917. The van der Waals surface area contributed by atoms with Gasteiger partial charge in [-0.15, -0.1) is 11.3 Å². The number of amides is 1. The molecule has 2 heterocycles. The number of aryl methyl sites for hydroxylation is 2.